The normalized spacial score (nSPS) is 24.4. The lowest BCUT2D eigenvalue weighted by molar-refractivity contribution is -0.137. The summed E-state index contributed by atoms with van der Waals surface area (Å²) in [5.74, 6) is -0.0856. The van der Waals surface area contributed by atoms with E-state index in [0.29, 0.717) is 11.1 Å². The number of nitrogens with zero attached hydrogens (tertiary/aromatic N) is 3. The maximum atomic E-state index is 12.8. The van der Waals surface area contributed by atoms with Gasteiger partial charge in [-0.05, 0) is 36.5 Å². The summed E-state index contributed by atoms with van der Waals surface area (Å²) in [5.41, 5.74) is 1.24. The van der Waals surface area contributed by atoms with Crippen molar-refractivity contribution in [1.29, 1.82) is 0 Å². The Balaban J connectivity index is 1.43. The third-order valence-corrected chi connectivity index (χ3v) is 7.42. The zero-order valence-electron chi connectivity index (χ0n) is 16.3. The molecule has 0 saturated heterocycles. The van der Waals surface area contributed by atoms with E-state index in [1.807, 2.05) is 0 Å². The summed E-state index contributed by atoms with van der Waals surface area (Å²) in [4.78, 5) is 16.9. The van der Waals surface area contributed by atoms with Gasteiger partial charge >= 0.3 is 6.18 Å². The zero-order chi connectivity index (χ0) is 21.0. The number of amides is 1. The van der Waals surface area contributed by atoms with E-state index in [-0.39, 0.29) is 22.3 Å². The van der Waals surface area contributed by atoms with Crippen molar-refractivity contribution >= 4 is 23.4 Å². The molecule has 2 aliphatic carbocycles. The average molecular weight is 422 g/mol. The molecule has 0 unspecified atom stereocenters. The highest BCUT2D eigenvalue weighted by Gasteiger charge is 2.61. The van der Waals surface area contributed by atoms with Gasteiger partial charge in [0.05, 0.1) is 22.7 Å². The van der Waals surface area contributed by atoms with Gasteiger partial charge in [-0.1, -0.05) is 38.6 Å². The fourth-order valence-corrected chi connectivity index (χ4v) is 5.11. The Morgan fingerprint density at radius 2 is 2.03 bits per heavy atom. The quantitative estimate of drug-likeness (QED) is 0.717. The van der Waals surface area contributed by atoms with Crippen LogP contribution in [0.3, 0.4) is 0 Å². The number of fused-ring (bicyclic) bond motifs is 5. The van der Waals surface area contributed by atoms with Crippen molar-refractivity contribution in [1.82, 2.24) is 15.2 Å². The minimum Gasteiger partial charge on any atom is -0.325 e. The average Bonchev–Trinajstić information content (AvgIpc) is 2.98. The van der Waals surface area contributed by atoms with E-state index in [1.165, 1.54) is 12.1 Å². The van der Waals surface area contributed by atoms with E-state index in [0.717, 1.165) is 48.1 Å². The van der Waals surface area contributed by atoms with E-state index >= 15 is 0 Å². The summed E-state index contributed by atoms with van der Waals surface area (Å²) in [6.07, 6.45) is -2.32. The Morgan fingerprint density at radius 3 is 2.76 bits per heavy atom. The summed E-state index contributed by atoms with van der Waals surface area (Å²) >= 11 is 1.13. The van der Waals surface area contributed by atoms with Crippen LogP contribution >= 0.6 is 11.8 Å². The standard InChI is InChI=1S/C20H21F3N4OS/c1-18(2)13-7-8-19(18,3)16-15(13)26-27-17(25-16)29-10-14(28)24-12-6-4-5-11(9-12)20(21,22)23/h4-6,9,13H,7-8,10H2,1-3H3,(H,24,28)/t13-,19+/m1/s1. The maximum absolute atomic E-state index is 12.8. The van der Waals surface area contributed by atoms with Crippen LogP contribution in [0.15, 0.2) is 29.4 Å². The van der Waals surface area contributed by atoms with Crippen LogP contribution in [0.25, 0.3) is 0 Å². The monoisotopic (exact) mass is 422 g/mol. The molecule has 2 aliphatic rings. The first-order valence-corrected chi connectivity index (χ1v) is 10.4. The molecule has 5 nitrogen and oxygen atoms in total. The molecule has 29 heavy (non-hydrogen) atoms. The van der Waals surface area contributed by atoms with E-state index in [2.05, 4.69) is 41.3 Å². The number of rotatable bonds is 4. The van der Waals surface area contributed by atoms with Gasteiger partial charge in [0.2, 0.25) is 11.1 Å². The molecule has 1 amide bonds. The van der Waals surface area contributed by atoms with Gasteiger partial charge in [-0.3, -0.25) is 4.79 Å². The number of halogens is 3. The minimum atomic E-state index is -4.46. The van der Waals surface area contributed by atoms with Crippen LogP contribution in [-0.2, 0) is 16.4 Å². The number of hydrogen-bond donors (Lipinski definition) is 1. The molecule has 1 aromatic carbocycles. The second-order valence-electron chi connectivity index (χ2n) is 8.39. The minimum absolute atomic E-state index is 0.0136. The van der Waals surface area contributed by atoms with Crippen LogP contribution in [0.5, 0.6) is 0 Å². The van der Waals surface area contributed by atoms with Crippen molar-refractivity contribution in [3.05, 3.63) is 41.2 Å². The third kappa shape index (κ3) is 3.29. The lowest BCUT2D eigenvalue weighted by Gasteiger charge is -2.33. The van der Waals surface area contributed by atoms with Crippen LogP contribution in [0.2, 0.25) is 0 Å². The van der Waals surface area contributed by atoms with Gasteiger partial charge in [-0.25, -0.2) is 4.98 Å². The second kappa shape index (κ2) is 6.68. The first-order chi connectivity index (χ1) is 13.5. The summed E-state index contributed by atoms with van der Waals surface area (Å²) in [7, 11) is 0. The molecule has 1 N–H and O–H groups in total. The SMILES string of the molecule is CC1(C)[C@@H]2CC[C@@]1(C)c1nc(SCC(=O)Nc3cccc(C(F)(F)F)c3)nnc12. The Labute approximate surface area is 170 Å². The highest BCUT2D eigenvalue weighted by Crippen LogP contribution is 2.66. The molecule has 2 aromatic rings. The Morgan fingerprint density at radius 1 is 1.28 bits per heavy atom. The van der Waals surface area contributed by atoms with E-state index < -0.39 is 17.6 Å². The zero-order valence-corrected chi connectivity index (χ0v) is 17.1. The molecule has 1 aromatic heterocycles. The smallest absolute Gasteiger partial charge is 0.325 e. The largest absolute Gasteiger partial charge is 0.416 e. The van der Waals surface area contributed by atoms with Gasteiger partial charge in [-0.2, -0.15) is 18.3 Å². The Hall–Kier alpha value is -2.16. The number of carbonyl (C=O) groups excluding carboxylic acids is 1. The molecule has 4 rings (SSSR count). The van der Waals surface area contributed by atoms with Crippen LogP contribution < -0.4 is 5.32 Å². The predicted octanol–water partition coefficient (Wildman–Crippen LogP) is 4.80. The molecule has 1 heterocycles. The van der Waals surface area contributed by atoms with Gasteiger partial charge in [0.25, 0.3) is 0 Å². The second-order valence-corrected chi connectivity index (χ2v) is 9.33. The molecule has 0 aliphatic heterocycles. The molecule has 2 atom stereocenters. The van der Waals surface area contributed by atoms with Crippen molar-refractivity contribution in [3.8, 4) is 0 Å². The van der Waals surface area contributed by atoms with Crippen LogP contribution in [-0.4, -0.2) is 26.8 Å². The highest BCUT2D eigenvalue weighted by molar-refractivity contribution is 7.99. The number of carbonyl (C=O) groups is 1. The number of hydrogen-bond acceptors (Lipinski definition) is 5. The van der Waals surface area contributed by atoms with E-state index in [1.54, 1.807) is 0 Å². The van der Waals surface area contributed by atoms with Gasteiger partial charge in [0, 0.05) is 17.0 Å². The van der Waals surface area contributed by atoms with E-state index in [4.69, 9.17) is 0 Å². The lowest BCUT2D eigenvalue weighted by atomic mass is 9.70. The number of thioether (sulfide) groups is 1. The molecule has 0 radical (unpaired) electrons. The molecular weight excluding hydrogens is 401 g/mol. The van der Waals surface area contributed by atoms with Crippen LogP contribution in [0.4, 0.5) is 18.9 Å². The number of alkyl halides is 3. The molecule has 154 valence electrons. The summed E-state index contributed by atoms with van der Waals surface area (Å²) in [5, 5.41) is 11.5. The summed E-state index contributed by atoms with van der Waals surface area (Å²) < 4.78 is 38.4. The molecule has 1 saturated carbocycles. The summed E-state index contributed by atoms with van der Waals surface area (Å²) in [6.45, 7) is 6.69. The van der Waals surface area contributed by atoms with Crippen LogP contribution in [0, 0.1) is 5.41 Å². The Bertz CT molecular complexity index is 978. The van der Waals surface area contributed by atoms with Gasteiger partial charge in [0.15, 0.2) is 0 Å². The number of aromatic nitrogens is 3. The molecule has 2 bridgehead atoms. The van der Waals surface area contributed by atoms with Crippen molar-refractivity contribution in [3.63, 3.8) is 0 Å². The van der Waals surface area contributed by atoms with Gasteiger partial charge < -0.3 is 5.32 Å². The Kier molecular flexibility index (Phi) is 4.64. The third-order valence-electron chi connectivity index (χ3n) is 6.58. The van der Waals surface area contributed by atoms with Crippen molar-refractivity contribution < 1.29 is 18.0 Å². The lowest BCUT2D eigenvalue weighted by Crippen LogP contribution is -2.32. The fourth-order valence-electron chi connectivity index (χ4n) is 4.52. The molecule has 0 spiro atoms. The maximum Gasteiger partial charge on any atom is 0.416 e. The van der Waals surface area contributed by atoms with Crippen molar-refractivity contribution in [2.45, 2.75) is 56.3 Å². The van der Waals surface area contributed by atoms with Gasteiger partial charge in [-0.15, -0.1) is 5.10 Å². The highest BCUT2D eigenvalue weighted by atomic mass is 32.2. The topological polar surface area (TPSA) is 67.8 Å². The molecular formula is C20H21F3N4OS. The summed E-state index contributed by atoms with van der Waals surface area (Å²) in [6, 6.07) is 4.56. The van der Waals surface area contributed by atoms with Crippen molar-refractivity contribution in [2.24, 2.45) is 5.41 Å². The van der Waals surface area contributed by atoms with E-state index in [9.17, 15) is 18.0 Å². The first-order valence-electron chi connectivity index (χ1n) is 9.37. The van der Waals surface area contributed by atoms with Crippen LogP contribution in [0.1, 0.15) is 56.5 Å². The molecule has 1 fully saturated rings. The fraction of sp³-hybridized carbons (Fsp3) is 0.500. The molecule has 9 heteroatoms. The predicted molar refractivity (Wildman–Crippen MR) is 104 cm³/mol. The number of nitrogens with one attached hydrogen (secondary N) is 1. The van der Waals surface area contributed by atoms with Crippen molar-refractivity contribution in [2.75, 3.05) is 11.1 Å². The number of anilines is 1. The first kappa shape index (κ1) is 20.1. The van der Waals surface area contributed by atoms with Gasteiger partial charge in [0.1, 0.15) is 0 Å². The number of benzene rings is 1.